The fourth-order valence-electron chi connectivity index (χ4n) is 2.25. The van der Waals surface area contributed by atoms with Gasteiger partial charge >= 0.3 is 5.97 Å². The van der Waals surface area contributed by atoms with Gasteiger partial charge in [-0.2, -0.15) is 4.37 Å². The van der Waals surface area contributed by atoms with Crippen LogP contribution < -0.4 is 10.6 Å². The molecule has 0 bridgehead atoms. The van der Waals surface area contributed by atoms with Gasteiger partial charge in [0.2, 0.25) is 0 Å². The van der Waals surface area contributed by atoms with E-state index in [1.807, 2.05) is 11.9 Å². The minimum atomic E-state index is -0.422. The molecule has 0 aromatic carbocycles. The number of rotatable bonds is 5. The third-order valence-corrected chi connectivity index (χ3v) is 4.36. The van der Waals surface area contributed by atoms with Gasteiger partial charge in [0.25, 0.3) is 0 Å². The normalized spacial score (nSPS) is 15.7. The van der Waals surface area contributed by atoms with Gasteiger partial charge in [0.1, 0.15) is 10.6 Å². The van der Waals surface area contributed by atoms with Gasteiger partial charge in [-0.15, -0.1) is 0 Å². The molecule has 1 aromatic rings. The summed E-state index contributed by atoms with van der Waals surface area (Å²) in [6.07, 6.45) is 2.56. The van der Waals surface area contributed by atoms with E-state index in [1.54, 1.807) is 0 Å². The number of nitrogen functional groups attached to an aromatic ring is 1. The van der Waals surface area contributed by atoms with Crippen molar-refractivity contribution in [1.29, 1.82) is 0 Å². The van der Waals surface area contributed by atoms with E-state index in [9.17, 15) is 4.79 Å². The van der Waals surface area contributed by atoms with Crippen LogP contribution >= 0.6 is 11.5 Å². The van der Waals surface area contributed by atoms with Crippen LogP contribution in [0.1, 0.15) is 23.2 Å². The molecule has 0 aliphatic carbocycles. The number of aromatic nitrogens is 1. The molecule has 1 saturated heterocycles. The van der Waals surface area contributed by atoms with Crippen molar-refractivity contribution in [3.63, 3.8) is 0 Å². The molecule has 2 heterocycles. The van der Waals surface area contributed by atoms with Crippen LogP contribution in [-0.2, 0) is 4.74 Å². The fourth-order valence-corrected chi connectivity index (χ4v) is 3.03. The van der Waals surface area contributed by atoms with Gasteiger partial charge < -0.3 is 20.3 Å². The predicted octanol–water partition coefficient (Wildman–Crippen LogP) is 1.04. The molecule has 6 nitrogen and oxygen atoms in total. The molecule has 1 aliphatic rings. The number of methoxy groups -OCH3 is 1. The molecule has 0 unspecified atom stereocenters. The fraction of sp³-hybridized carbons (Fsp3) is 0.667. The highest BCUT2D eigenvalue weighted by molar-refractivity contribution is 7.11. The highest BCUT2D eigenvalue weighted by Gasteiger charge is 2.23. The van der Waals surface area contributed by atoms with E-state index in [0.717, 1.165) is 18.1 Å². The molecule has 0 radical (unpaired) electrons. The zero-order valence-corrected chi connectivity index (χ0v) is 12.2. The molecule has 1 fully saturated rings. The maximum absolute atomic E-state index is 11.7. The molecule has 106 valence electrons. The molecule has 1 aliphatic heterocycles. The second-order valence-corrected chi connectivity index (χ2v) is 5.46. The van der Waals surface area contributed by atoms with Gasteiger partial charge in [-0.3, -0.25) is 0 Å². The Kier molecular flexibility index (Phi) is 4.60. The smallest absolute Gasteiger partial charge is 0.344 e. The number of nitrogens with zero attached hydrogens (tertiary/aromatic N) is 3. The maximum Gasteiger partial charge on any atom is 0.344 e. The topological polar surface area (TPSA) is 71.7 Å². The monoisotopic (exact) mass is 284 g/mol. The number of likely N-dealkylation sites (tertiary alicyclic amines) is 1. The number of hydrogen-bond donors (Lipinski definition) is 1. The van der Waals surface area contributed by atoms with Crippen LogP contribution in [0, 0.1) is 0 Å². The van der Waals surface area contributed by atoms with Crippen molar-refractivity contribution in [3.05, 3.63) is 5.56 Å². The van der Waals surface area contributed by atoms with E-state index >= 15 is 0 Å². The molecular weight excluding hydrogens is 264 g/mol. The largest absolute Gasteiger partial charge is 0.465 e. The summed E-state index contributed by atoms with van der Waals surface area (Å²) in [7, 11) is 3.31. The van der Waals surface area contributed by atoms with Crippen LogP contribution in [0.3, 0.4) is 0 Å². The Morgan fingerprint density at radius 2 is 2.21 bits per heavy atom. The molecule has 7 heteroatoms. The summed E-state index contributed by atoms with van der Waals surface area (Å²) < 4.78 is 8.80. The van der Waals surface area contributed by atoms with E-state index in [-0.39, 0.29) is 5.82 Å². The highest BCUT2D eigenvalue weighted by atomic mass is 32.1. The average Bonchev–Trinajstić information content (AvgIpc) is 3.04. The summed E-state index contributed by atoms with van der Waals surface area (Å²) in [4.78, 5) is 16.2. The number of anilines is 2. The van der Waals surface area contributed by atoms with Gasteiger partial charge in [0.15, 0.2) is 5.82 Å². The Labute approximate surface area is 117 Å². The highest BCUT2D eigenvalue weighted by Crippen LogP contribution is 2.30. The van der Waals surface area contributed by atoms with Crippen LogP contribution in [-0.4, -0.2) is 55.6 Å². The summed E-state index contributed by atoms with van der Waals surface area (Å²) in [5.74, 6) is -0.172. The Morgan fingerprint density at radius 3 is 2.84 bits per heavy atom. The lowest BCUT2D eigenvalue weighted by atomic mass is 10.3. The van der Waals surface area contributed by atoms with E-state index in [2.05, 4.69) is 9.27 Å². The van der Waals surface area contributed by atoms with Crippen LogP contribution in [0.2, 0.25) is 0 Å². The van der Waals surface area contributed by atoms with Crippen LogP contribution in [0.4, 0.5) is 10.8 Å². The van der Waals surface area contributed by atoms with Crippen molar-refractivity contribution in [1.82, 2.24) is 9.27 Å². The van der Waals surface area contributed by atoms with Crippen molar-refractivity contribution >= 4 is 28.3 Å². The molecule has 19 heavy (non-hydrogen) atoms. The lowest BCUT2D eigenvalue weighted by Crippen LogP contribution is -2.31. The number of esters is 1. The van der Waals surface area contributed by atoms with Gasteiger partial charge in [0.05, 0.1) is 7.11 Å². The van der Waals surface area contributed by atoms with E-state index in [0.29, 0.717) is 5.56 Å². The van der Waals surface area contributed by atoms with Crippen LogP contribution in [0.5, 0.6) is 0 Å². The first-order chi connectivity index (χ1) is 9.13. The minimum Gasteiger partial charge on any atom is -0.465 e. The van der Waals surface area contributed by atoms with Gasteiger partial charge in [-0.05, 0) is 37.5 Å². The molecule has 2 N–H and O–H groups in total. The number of likely N-dealkylation sites (N-methyl/N-ethyl adjacent to an activating group) is 1. The summed E-state index contributed by atoms with van der Waals surface area (Å²) in [6.45, 7) is 4.19. The van der Waals surface area contributed by atoms with Crippen molar-refractivity contribution < 1.29 is 9.53 Å². The zero-order chi connectivity index (χ0) is 13.8. The third kappa shape index (κ3) is 3.16. The minimum absolute atomic E-state index is 0.250. The number of carbonyl (C=O) groups excluding carboxylic acids is 1. The van der Waals surface area contributed by atoms with Crippen molar-refractivity contribution in [3.8, 4) is 0 Å². The second-order valence-electron chi connectivity index (χ2n) is 4.71. The number of ether oxygens (including phenoxy) is 1. The SMILES string of the molecule is COC(=O)c1c(N)nsc1N(C)CCN1CCCC1. The molecule has 2 rings (SSSR count). The molecule has 0 amide bonds. The summed E-state index contributed by atoms with van der Waals surface area (Å²) >= 11 is 1.24. The van der Waals surface area contributed by atoms with Crippen LogP contribution in [0.25, 0.3) is 0 Å². The van der Waals surface area contributed by atoms with Crippen LogP contribution in [0.15, 0.2) is 0 Å². The first-order valence-corrected chi connectivity index (χ1v) is 7.17. The van der Waals surface area contributed by atoms with Gasteiger partial charge in [0, 0.05) is 20.1 Å². The van der Waals surface area contributed by atoms with Crippen molar-refractivity contribution in [2.75, 3.05) is 51.0 Å². The summed E-state index contributed by atoms with van der Waals surface area (Å²) in [5.41, 5.74) is 6.12. The number of carbonyl (C=O) groups is 1. The quantitative estimate of drug-likeness (QED) is 0.815. The molecule has 0 saturated carbocycles. The summed E-state index contributed by atoms with van der Waals surface area (Å²) in [6, 6.07) is 0. The Balaban J connectivity index is 2.01. The summed E-state index contributed by atoms with van der Waals surface area (Å²) in [5, 5.41) is 0.781. The lowest BCUT2D eigenvalue weighted by Gasteiger charge is -2.22. The Bertz CT molecular complexity index is 443. The second kappa shape index (κ2) is 6.21. The first-order valence-electron chi connectivity index (χ1n) is 6.40. The van der Waals surface area contributed by atoms with E-state index in [1.165, 1.54) is 44.6 Å². The van der Waals surface area contributed by atoms with E-state index < -0.39 is 5.97 Å². The number of hydrogen-bond acceptors (Lipinski definition) is 7. The molecule has 1 aromatic heterocycles. The van der Waals surface area contributed by atoms with Crippen molar-refractivity contribution in [2.45, 2.75) is 12.8 Å². The maximum atomic E-state index is 11.7. The first kappa shape index (κ1) is 14.1. The van der Waals surface area contributed by atoms with Gasteiger partial charge in [-0.25, -0.2) is 4.79 Å². The van der Waals surface area contributed by atoms with E-state index in [4.69, 9.17) is 10.5 Å². The van der Waals surface area contributed by atoms with Crippen molar-refractivity contribution in [2.24, 2.45) is 0 Å². The third-order valence-electron chi connectivity index (χ3n) is 3.39. The molecule has 0 spiro atoms. The zero-order valence-electron chi connectivity index (χ0n) is 11.4. The molecular formula is C12H20N4O2S. The molecule has 0 atom stereocenters. The number of nitrogens with two attached hydrogens (primary N) is 1. The Hall–Kier alpha value is -1.34. The lowest BCUT2D eigenvalue weighted by molar-refractivity contribution is 0.0603. The predicted molar refractivity (Wildman–Crippen MR) is 76.8 cm³/mol. The standard InChI is InChI=1S/C12H20N4O2S/c1-15(7-8-16-5-3-4-6-16)11-9(12(17)18-2)10(13)14-19-11/h3-8H2,1-2H3,(H2,13,14). The van der Waals surface area contributed by atoms with Gasteiger partial charge in [-0.1, -0.05) is 0 Å². The average molecular weight is 284 g/mol. The Morgan fingerprint density at radius 1 is 1.53 bits per heavy atom.